The van der Waals surface area contributed by atoms with Gasteiger partial charge in [-0.3, -0.25) is 19.7 Å². The van der Waals surface area contributed by atoms with Gasteiger partial charge in [-0.05, 0) is 68.0 Å². The number of likely N-dealkylation sites (tertiary alicyclic amines) is 1. The molecule has 0 spiro atoms. The van der Waals surface area contributed by atoms with E-state index in [0.29, 0.717) is 38.0 Å². The summed E-state index contributed by atoms with van der Waals surface area (Å²) in [5, 5.41) is 6.31. The smallest absolute Gasteiger partial charge is 0.411 e. The van der Waals surface area contributed by atoms with Crippen LogP contribution in [0.5, 0.6) is 0 Å². The summed E-state index contributed by atoms with van der Waals surface area (Å²) in [6.07, 6.45) is 4.31. The maximum absolute atomic E-state index is 12.8. The number of likely N-dealkylation sites (N-methyl/N-ethyl adjacent to an activating group) is 1. The Hall–Kier alpha value is -4.90. The number of amides is 4. The highest BCUT2D eigenvalue weighted by Crippen LogP contribution is 2.28. The zero-order valence-electron chi connectivity index (χ0n) is 31.3. The van der Waals surface area contributed by atoms with E-state index in [2.05, 4.69) is 15.5 Å². The van der Waals surface area contributed by atoms with Gasteiger partial charge in [0, 0.05) is 96.6 Å². The van der Waals surface area contributed by atoms with Gasteiger partial charge < -0.3 is 29.7 Å². The predicted octanol–water partition coefficient (Wildman–Crippen LogP) is 6.44. The van der Waals surface area contributed by atoms with Crippen LogP contribution in [-0.2, 0) is 14.3 Å². The molecule has 4 amide bonds. The van der Waals surface area contributed by atoms with Gasteiger partial charge in [-0.2, -0.15) is 0 Å². The van der Waals surface area contributed by atoms with Crippen LogP contribution in [0.3, 0.4) is 0 Å². The molecule has 0 radical (unpaired) electrons. The average molecular weight is 713 g/mol. The van der Waals surface area contributed by atoms with Crippen LogP contribution < -0.4 is 10.6 Å². The molecule has 1 fully saturated rings. The summed E-state index contributed by atoms with van der Waals surface area (Å²) in [6, 6.07) is 25.1. The third-order valence-corrected chi connectivity index (χ3v) is 9.57. The number of hydrogen-bond donors (Lipinski definition) is 2. The Balaban J connectivity index is 1.05. The molecule has 0 aliphatic carbocycles. The predicted molar refractivity (Wildman–Crippen MR) is 207 cm³/mol. The molecular weight excluding hydrogens is 656 g/mol. The lowest BCUT2D eigenvalue weighted by Crippen LogP contribution is -2.42. The first-order valence-corrected chi connectivity index (χ1v) is 18.6. The van der Waals surface area contributed by atoms with Crippen LogP contribution in [0.2, 0.25) is 0 Å². The highest BCUT2D eigenvalue weighted by Gasteiger charge is 2.23. The van der Waals surface area contributed by atoms with Crippen molar-refractivity contribution in [2.75, 3.05) is 77.6 Å². The summed E-state index contributed by atoms with van der Waals surface area (Å²) in [5.41, 5.74) is 4.27. The van der Waals surface area contributed by atoms with Crippen molar-refractivity contribution in [2.45, 2.75) is 58.0 Å². The number of ether oxygens (including phenoxy) is 1. The van der Waals surface area contributed by atoms with Crippen LogP contribution in [0.1, 0.15) is 62.2 Å². The largest absolute Gasteiger partial charge is 0.446 e. The highest BCUT2D eigenvalue weighted by atomic mass is 16.6. The quantitative estimate of drug-likeness (QED) is 0.146. The number of para-hydroxylation sites is 1. The monoisotopic (exact) mass is 712 g/mol. The molecule has 4 rings (SSSR count). The number of rotatable bonds is 18. The number of anilines is 2. The molecule has 11 nitrogen and oxygen atoms in total. The fourth-order valence-corrected chi connectivity index (χ4v) is 6.24. The summed E-state index contributed by atoms with van der Waals surface area (Å²) < 4.78 is 5.77. The molecule has 280 valence electrons. The molecule has 0 aromatic heterocycles. The van der Waals surface area contributed by atoms with Crippen molar-refractivity contribution >= 4 is 35.2 Å². The number of benzene rings is 3. The van der Waals surface area contributed by atoms with Gasteiger partial charge in [-0.25, -0.2) is 4.79 Å². The highest BCUT2D eigenvalue weighted by molar-refractivity contribution is 5.94. The van der Waals surface area contributed by atoms with Gasteiger partial charge in [0.05, 0.1) is 5.69 Å². The van der Waals surface area contributed by atoms with Crippen molar-refractivity contribution in [3.8, 4) is 11.1 Å². The molecule has 0 atom stereocenters. The van der Waals surface area contributed by atoms with E-state index in [1.54, 1.807) is 23.9 Å². The van der Waals surface area contributed by atoms with Gasteiger partial charge in [0.25, 0.3) is 5.91 Å². The first-order chi connectivity index (χ1) is 25.1. The SMILES string of the molecule is CCC(=O)N(C)CCCN(C)C(=O)c1ccc(NCCCCC(=O)N(C)CCN2CCC(OC(=O)Nc3ccccc3-c3ccccc3)CC2)cc1. The lowest BCUT2D eigenvalue weighted by atomic mass is 10.0. The average Bonchev–Trinajstić information content (AvgIpc) is 3.17. The third-order valence-electron chi connectivity index (χ3n) is 9.57. The lowest BCUT2D eigenvalue weighted by molar-refractivity contribution is -0.130. The van der Waals surface area contributed by atoms with Crippen LogP contribution in [0.15, 0.2) is 78.9 Å². The standard InChI is InChI=1S/C41H56N6O5/c1-5-38(48)44(2)26-13-27-46(4)40(50)33-19-21-34(22-20-33)42-25-12-11-18-39(49)45(3)30-31-47-28-23-35(24-29-47)52-41(51)43-37-17-10-9-16-36(37)32-14-7-6-8-15-32/h6-10,14-17,19-22,35,42H,5,11-13,18,23-31H2,1-4H3,(H,43,51). The molecule has 11 heteroatoms. The van der Waals surface area contributed by atoms with Crippen LogP contribution in [0, 0.1) is 0 Å². The van der Waals surface area contributed by atoms with Crippen LogP contribution in [0.25, 0.3) is 11.1 Å². The molecule has 1 aliphatic rings. The Morgan fingerprint density at radius 1 is 0.750 bits per heavy atom. The Morgan fingerprint density at radius 3 is 2.12 bits per heavy atom. The molecule has 2 N–H and O–H groups in total. The normalized spacial score (nSPS) is 13.2. The first kappa shape index (κ1) is 39.9. The van der Waals surface area contributed by atoms with Gasteiger partial charge in [-0.15, -0.1) is 0 Å². The zero-order chi connectivity index (χ0) is 37.3. The number of nitrogens with zero attached hydrogens (tertiary/aromatic N) is 4. The van der Waals surface area contributed by atoms with E-state index in [-0.39, 0.29) is 23.8 Å². The fourth-order valence-electron chi connectivity index (χ4n) is 6.24. The van der Waals surface area contributed by atoms with Crippen molar-refractivity contribution in [2.24, 2.45) is 0 Å². The summed E-state index contributed by atoms with van der Waals surface area (Å²) in [6.45, 7) is 6.88. The Labute approximate surface area is 309 Å². The third kappa shape index (κ3) is 12.7. The van der Waals surface area contributed by atoms with E-state index in [1.807, 2.05) is 97.7 Å². The molecule has 1 saturated heterocycles. The number of unbranched alkanes of at least 4 members (excludes halogenated alkanes) is 1. The maximum Gasteiger partial charge on any atom is 0.411 e. The first-order valence-electron chi connectivity index (χ1n) is 18.6. The second kappa shape index (κ2) is 20.8. The van der Waals surface area contributed by atoms with E-state index in [9.17, 15) is 19.2 Å². The Bertz CT molecular complexity index is 1580. The van der Waals surface area contributed by atoms with E-state index in [4.69, 9.17) is 4.74 Å². The second-order valence-corrected chi connectivity index (χ2v) is 13.5. The van der Waals surface area contributed by atoms with Crippen molar-refractivity contribution in [3.63, 3.8) is 0 Å². The summed E-state index contributed by atoms with van der Waals surface area (Å²) in [5.74, 6) is 0.203. The second-order valence-electron chi connectivity index (χ2n) is 13.5. The van der Waals surface area contributed by atoms with Crippen molar-refractivity contribution in [1.29, 1.82) is 0 Å². The number of piperidine rings is 1. The Kier molecular flexibility index (Phi) is 16.0. The maximum atomic E-state index is 12.8. The molecule has 3 aromatic carbocycles. The van der Waals surface area contributed by atoms with Crippen molar-refractivity contribution in [3.05, 3.63) is 84.4 Å². The van der Waals surface area contributed by atoms with Gasteiger partial charge in [0.2, 0.25) is 11.8 Å². The van der Waals surface area contributed by atoms with Gasteiger partial charge in [0.1, 0.15) is 6.10 Å². The molecule has 0 saturated carbocycles. The number of carbonyl (C=O) groups is 4. The van der Waals surface area contributed by atoms with Gasteiger partial charge in [-0.1, -0.05) is 55.5 Å². The van der Waals surface area contributed by atoms with E-state index >= 15 is 0 Å². The van der Waals surface area contributed by atoms with E-state index in [1.165, 1.54) is 0 Å². The fraction of sp³-hybridized carbons (Fsp3) is 0.463. The van der Waals surface area contributed by atoms with E-state index < -0.39 is 6.09 Å². The lowest BCUT2D eigenvalue weighted by Gasteiger charge is -2.32. The van der Waals surface area contributed by atoms with Crippen LogP contribution >= 0.6 is 0 Å². The minimum atomic E-state index is -0.436. The number of carbonyl (C=O) groups excluding carboxylic acids is 4. The molecule has 3 aromatic rings. The zero-order valence-corrected chi connectivity index (χ0v) is 31.3. The number of nitrogens with one attached hydrogen (secondary N) is 2. The molecule has 0 bridgehead atoms. The van der Waals surface area contributed by atoms with Crippen LogP contribution in [-0.4, -0.2) is 116 Å². The van der Waals surface area contributed by atoms with Crippen molar-refractivity contribution in [1.82, 2.24) is 19.6 Å². The topological polar surface area (TPSA) is 115 Å². The van der Waals surface area contributed by atoms with Gasteiger partial charge >= 0.3 is 6.09 Å². The van der Waals surface area contributed by atoms with Crippen molar-refractivity contribution < 1.29 is 23.9 Å². The summed E-state index contributed by atoms with van der Waals surface area (Å²) in [7, 11) is 5.44. The minimum Gasteiger partial charge on any atom is -0.446 e. The molecule has 1 aliphatic heterocycles. The number of hydrogen-bond acceptors (Lipinski definition) is 7. The minimum absolute atomic E-state index is 0.0429. The Morgan fingerprint density at radius 2 is 1.40 bits per heavy atom. The summed E-state index contributed by atoms with van der Waals surface area (Å²) in [4.78, 5) is 57.5. The van der Waals surface area contributed by atoms with Crippen LogP contribution in [0.4, 0.5) is 16.2 Å². The molecule has 0 unspecified atom stereocenters. The molecular formula is C41H56N6O5. The molecule has 52 heavy (non-hydrogen) atoms. The molecule has 1 heterocycles. The van der Waals surface area contributed by atoms with Gasteiger partial charge in [0.15, 0.2) is 0 Å². The van der Waals surface area contributed by atoms with E-state index in [0.717, 1.165) is 80.8 Å². The summed E-state index contributed by atoms with van der Waals surface area (Å²) >= 11 is 0.